The number of alkyl halides is 3. The lowest BCUT2D eigenvalue weighted by Gasteiger charge is -2.21. The van der Waals surface area contributed by atoms with Crippen LogP contribution in [-0.2, 0) is 6.18 Å². The van der Waals surface area contributed by atoms with E-state index in [0.717, 1.165) is 18.5 Å². The molecule has 0 bridgehead atoms. The van der Waals surface area contributed by atoms with Crippen molar-refractivity contribution in [1.82, 2.24) is 9.97 Å². The minimum atomic E-state index is -4.68. The van der Waals surface area contributed by atoms with Crippen molar-refractivity contribution in [3.8, 4) is 0 Å². The third kappa shape index (κ3) is 4.74. The molecule has 1 heterocycles. The van der Waals surface area contributed by atoms with E-state index in [-0.39, 0.29) is 30.5 Å². The summed E-state index contributed by atoms with van der Waals surface area (Å²) in [5.41, 5.74) is -1.68. The SMILES string of the molecule is CCN(CCO)c1ncnc(Nc2ccc(Cl)c(C(F)(F)F)c2)c1[N+](=O)[O-]. The first-order chi connectivity index (χ1) is 12.7. The second-order valence-electron chi connectivity index (χ2n) is 5.27. The normalized spacial score (nSPS) is 11.3. The molecule has 146 valence electrons. The molecule has 0 amide bonds. The molecule has 27 heavy (non-hydrogen) atoms. The summed E-state index contributed by atoms with van der Waals surface area (Å²) >= 11 is 5.57. The highest BCUT2D eigenvalue weighted by molar-refractivity contribution is 6.31. The van der Waals surface area contributed by atoms with Crippen LogP contribution >= 0.6 is 11.6 Å². The van der Waals surface area contributed by atoms with Gasteiger partial charge in [-0.05, 0) is 25.1 Å². The largest absolute Gasteiger partial charge is 0.417 e. The lowest BCUT2D eigenvalue weighted by atomic mass is 10.2. The van der Waals surface area contributed by atoms with E-state index >= 15 is 0 Å². The number of anilines is 3. The van der Waals surface area contributed by atoms with E-state index in [1.54, 1.807) is 6.92 Å². The third-order valence-corrected chi connectivity index (χ3v) is 3.90. The van der Waals surface area contributed by atoms with Gasteiger partial charge in [0.1, 0.15) is 6.33 Å². The monoisotopic (exact) mass is 405 g/mol. The number of nitro groups is 1. The molecule has 0 aliphatic carbocycles. The molecule has 0 radical (unpaired) electrons. The fraction of sp³-hybridized carbons (Fsp3) is 0.333. The average molecular weight is 406 g/mol. The number of halogens is 4. The molecule has 0 aliphatic rings. The number of likely N-dealkylation sites (N-methyl/N-ethyl adjacent to an activating group) is 1. The molecule has 2 rings (SSSR count). The van der Waals surface area contributed by atoms with Gasteiger partial charge in [-0.1, -0.05) is 11.6 Å². The van der Waals surface area contributed by atoms with Crippen molar-refractivity contribution in [1.29, 1.82) is 0 Å². The van der Waals surface area contributed by atoms with Gasteiger partial charge in [0.05, 0.1) is 22.1 Å². The number of aliphatic hydroxyl groups is 1. The summed E-state index contributed by atoms with van der Waals surface area (Å²) in [7, 11) is 0. The highest BCUT2D eigenvalue weighted by Crippen LogP contribution is 2.38. The first-order valence-corrected chi connectivity index (χ1v) is 8.05. The average Bonchev–Trinajstić information content (AvgIpc) is 2.60. The predicted molar refractivity (Wildman–Crippen MR) is 93.4 cm³/mol. The Morgan fingerprint density at radius 3 is 2.63 bits per heavy atom. The Morgan fingerprint density at radius 2 is 2.07 bits per heavy atom. The lowest BCUT2D eigenvalue weighted by molar-refractivity contribution is -0.383. The second kappa shape index (κ2) is 8.35. The smallest absolute Gasteiger partial charge is 0.395 e. The number of nitrogens with one attached hydrogen (secondary N) is 1. The summed E-state index contributed by atoms with van der Waals surface area (Å²) in [6.45, 7) is 1.86. The Kier molecular flexibility index (Phi) is 6.39. The fourth-order valence-corrected chi connectivity index (χ4v) is 2.58. The number of hydrogen-bond donors (Lipinski definition) is 2. The molecule has 0 saturated carbocycles. The molecular weight excluding hydrogens is 391 g/mol. The van der Waals surface area contributed by atoms with Crippen molar-refractivity contribution >= 4 is 34.6 Å². The maximum Gasteiger partial charge on any atom is 0.417 e. The summed E-state index contributed by atoms with van der Waals surface area (Å²) in [5, 5.41) is 22.7. The molecule has 2 N–H and O–H groups in total. The first kappa shape index (κ1) is 20.6. The van der Waals surface area contributed by atoms with Gasteiger partial charge in [-0.3, -0.25) is 10.1 Å². The molecule has 12 heteroatoms. The van der Waals surface area contributed by atoms with Crippen molar-refractivity contribution in [2.45, 2.75) is 13.1 Å². The van der Waals surface area contributed by atoms with E-state index in [9.17, 15) is 23.3 Å². The van der Waals surface area contributed by atoms with E-state index < -0.39 is 27.4 Å². The number of rotatable bonds is 7. The molecule has 0 fully saturated rings. The van der Waals surface area contributed by atoms with Crippen molar-refractivity contribution in [2.75, 3.05) is 29.9 Å². The molecule has 8 nitrogen and oxygen atoms in total. The molecule has 1 aromatic carbocycles. The van der Waals surface area contributed by atoms with Crippen molar-refractivity contribution in [3.63, 3.8) is 0 Å². The van der Waals surface area contributed by atoms with Crippen LogP contribution in [0.1, 0.15) is 12.5 Å². The zero-order valence-electron chi connectivity index (χ0n) is 14.0. The number of aromatic nitrogens is 2. The van der Waals surface area contributed by atoms with Gasteiger partial charge in [-0.25, -0.2) is 9.97 Å². The molecule has 1 aromatic heterocycles. The Bertz CT molecular complexity index is 835. The molecule has 0 aliphatic heterocycles. The lowest BCUT2D eigenvalue weighted by Crippen LogP contribution is -2.28. The standard InChI is InChI=1S/C15H15ClF3N5O3/c1-2-23(5-6-25)14-12(24(26)27)13(20-8-21-14)22-9-3-4-11(16)10(7-9)15(17,18)19/h3-4,7-8,25H,2,5-6H2,1H3,(H,20,21,22). The molecule has 0 saturated heterocycles. The van der Waals surface area contributed by atoms with E-state index in [4.69, 9.17) is 16.7 Å². The fourth-order valence-electron chi connectivity index (χ4n) is 2.35. The number of benzene rings is 1. The van der Waals surface area contributed by atoms with Crippen molar-refractivity contribution in [2.24, 2.45) is 0 Å². The van der Waals surface area contributed by atoms with Crippen molar-refractivity contribution in [3.05, 3.63) is 45.2 Å². The van der Waals surface area contributed by atoms with Gasteiger partial charge >= 0.3 is 11.9 Å². The van der Waals surface area contributed by atoms with Gasteiger partial charge in [0.25, 0.3) is 0 Å². The molecule has 0 unspecified atom stereocenters. The highest BCUT2D eigenvalue weighted by atomic mass is 35.5. The first-order valence-electron chi connectivity index (χ1n) is 7.68. The van der Waals surface area contributed by atoms with Crippen LogP contribution in [0.15, 0.2) is 24.5 Å². The van der Waals surface area contributed by atoms with Crippen LogP contribution in [0.25, 0.3) is 0 Å². The third-order valence-electron chi connectivity index (χ3n) is 3.57. The van der Waals surface area contributed by atoms with E-state index in [0.29, 0.717) is 6.54 Å². The van der Waals surface area contributed by atoms with Crippen LogP contribution in [0.5, 0.6) is 0 Å². The van der Waals surface area contributed by atoms with Gasteiger partial charge < -0.3 is 15.3 Å². The van der Waals surface area contributed by atoms with Crippen LogP contribution in [0.2, 0.25) is 5.02 Å². The maximum atomic E-state index is 13.0. The van der Waals surface area contributed by atoms with Gasteiger partial charge in [0, 0.05) is 18.8 Å². The van der Waals surface area contributed by atoms with Gasteiger partial charge in [0.15, 0.2) is 0 Å². The van der Waals surface area contributed by atoms with Gasteiger partial charge in [-0.15, -0.1) is 0 Å². The van der Waals surface area contributed by atoms with Crippen LogP contribution in [0.4, 0.5) is 36.2 Å². The summed E-state index contributed by atoms with van der Waals surface area (Å²) in [5.74, 6) is -0.337. The zero-order chi connectivity index (χ0) is 20.2. The van der Waals surface area contributed by atoms with Crippen LogP contribution in [0, 0.1) is 10.1 Å². The minimum absolute atomic E-state index is 0.0564. The number of nitrogens with zero attached hydrogens (tertiary/aromatic N) is 4. The van der Waals surface area contributed by atoms with Crippen molar-refractivity contribution < 1.29 is 23.2 Å². The quantitative estimate of drug-likeness (QED) is 0.535. The minimum Gasteiger partial charge on any atom is -0.395 e. The Hall–Kier alpha value is -2.66. The van der Waals surface area contributed by atoms with E-state index in [2.05, 4.69) is 15.3 Å². The number of aliphatic hydroxyl groups excluding tert-OH is 1. The summed E-state index contributed by atoms with van der Waals surface area (Å²) < 4.78 is 39.0. The van der Waals surface area contributed by atoms with E-state index in [1.165, 1.54) is 11.0 Å². The van der Waals surface area contributed by atoms with Crippen LogP contribution in [-0.4, -0.2) is 39.7 Å². The Labute approximate surface area is 156 Å². The topological polar surface area (TPSA) is 104 Å². The van der Waals surface area contributed by atoms with Crippen LogP contribution in [0.3, 0.4) is 0 Å². The maximum absolute atomic E-state index is 13.0. The second-order valence-corrected chi connectivity index (χ2v) is 5.68. The molecule has 2 aromatic rings. The summed E-state index contributed by atoms with van der Waals surface area (Å²) in [6.07, 6.45) is -3.64. The van der Waals surface area contributed by atoms with Gasteiger partial charge in [-0.2, -0.15) is 13.2 Å². The summed E-state index contributed by atoms with van der Waals surface area (Å²) in [4.78, 5) is 19.9. The zero-order valence-corrected chi connectivity index (χ0v) is 14.8. The molecule has 0 spiro atoms. The molecular formula is C15H15ClF3N5O3. The van der Waals surface area contributed by atoms with E-state index in [1.807, 2.05) is 0 Å². The Balaban J connectivity index is 2.50. The van der Waals surface area contributed by atoms with Gasteiger partial charge in [0.2, 0.25) is 11.6 Å². The van der Waals surface area contributed by atoms with Crippen LogP contribution < -0.4 is 10.2 Å². The predicted octanol–water partition coefficient (Wildman–Crippen LogP) is 3.62. The Morgan fingerprint density at radius 1 is 1.37 bits per heavy atom. The number of hydrogen-bond acceptors (Lipinski definition) is 7. The summed E-state index contributed by atoms with van der Waals surface area (Å²) in [6, 6.07) is 3.01. The highest BCUT2D eigenvalue weighted by Gasteiger charge is 2.34. The molecule has 0 atom stereocenters.